The fourth-order valence-corrected chi connectivity index (χ4v) is 6.74. The SMILES string of the molecule is CCCCCCCCCOC(=O)CCCCCCCOCC(COCCOCCOCCOCCNC(=O)c1cnc[nH]1)OCCCCCCCC(=O)OCCCCCCCCC. The van der Waals surface area contributed by atoms with Gasteiger partial charge in [-0.15, -0.1) is 0 Å². The number of carbonyl (C=O) groups excluding carboxylic acids is 3. The maximum atomic E-state index is 12.1. The minimum atomic E-state index is -0.215. The van der Waals surface area contributed by atoms with Crippen molar-refractivity contribution in [3.63, 3.8) is 0 Å². The summed E-state index contributed by atoms with van der Waals surface area (Å²) in [5.41, 5.74) is 0.418. The molecule has 14 nitrogen and oxygen atoms in total. The third kappa shape index (κ3) is 41.8. The second-order valence-electron chi connectivity index (χ2n) is 16.4. The Hall–Kier alpha value is -2.62. The molecule has 0 saturated heterocycles. The van der Waals surface area contributed by atoms with E-state index in [9.17, 15) is 14.4 Å². The quantitative estimate of drug-likeness (QED) is 0.0470. The molecule has 0 radical (unpaired) electrons. The number of esters is 2. The van der Waals surface area contributed by atoms with Gasteiger partial charge >= 0.3 is 11.9 Å². The highest BCUT2D eigenvalue weighted by Crippen LogP contribution is 2.12. The molecule has 1 amide bonds. The first-order valence-electron chi connectivity index (χ1n) is 25.1. The molecule has 14 heteroatoms. The smallest absolute Gasteiger partial charge is 0.305 e. The van der Waals surface area contributed by atoms with Gasteiger partial charge in [0.15, 0.2) is 0 Å². The number of aromatic amines is 1. The standard InChI is InChI=1S/C49H91N3O11/c1-3-5-7-9-11-18-25-32-62-47(53)27-21-15-13-17-23-30-59-42-45(61-31-24-20-14-16-22-28-48(54)63-33-26-19-12-10-8-6-4-2)43-60-40-39-58-38-37-57-36-35-56-34-29-51-49(55)46-41-50-44-52-46/h41,44-45H,3-40,42-43H2,1-2H3,(H,50,52)(H,51,55). The van der Waals surface area contributed by atoms with Crippen LogP contribution in [0.3, 0.4) is 0 Å². The van der Waals surface area contributed by atoms with Crippen LogP contribution in [0.5, 0.6) is 0 Å². The van der Waals surface area contributed by atoms with Crippen LogP contribution in [0.1, 0.15) is 191 Å². The van der Waals surface area contributed by atoms with Gasteiger partial charge in [-0.3, -0.25) is 14.4 Å². The maximum absolute atomic E-state index is 12.1. The van der Waals surface area contributed by atoms with Gasteiger partial charge in [0.25, 0.3) is 5.91 Å². The summed E-state index contributed by atoms with van der Waals surface area (Å²) < 4.78 is 45.6. The molecule has 368 valence electrons. The van der Waals surface area contributed by atoms with Gasteiger partial charge in [0.05, 0.1) is 85.2 Å². The Morgan fingerprint density at radius 2 is 0.905 bits per heavy atom. The van der Waals surface area contributed by atoms with Gasteiger partial charge in [-0.05, 0) is 38.5 Å². The summed E-state index contributed by atoms with van der Waals surface area (Å²) in [5.74, 6) is -0.347. The van der Waals surface area contributed by atoms with Crippen LogP contribution in [0.2, 0.25) is 0 Å². The van der Waals surface area contributed by atoms with Crippen molar-refractivity contribution in [1.29, 1.82) is 0 Å². The lowest BCUT2D eigenvalue weighted by Crippen LogP contribution is -2.28. The van der Waals surface area contributed by atoms with Crippen molar-refractivity contribution >= 4 is 17.8 Å². The van der Waals surface area contributed by atoms with Gasteiger partial charge in [-0.25, -0.2) is 4.98 Å². The predicted molar refractivity (Wildman–Crippen MR) is 248 cm³/mol. The zero-order valence-corrected chi connectivity index (χ0v) is 40.0. The zero-order chi connectivity index (χ0) is 45.4. The molecule has 0 bridgehead atoms. The predicted octanol–water partition coefficient (Wildman–Crippen LogP) is 9.88. The van der Waals surface area contributed by atoms with E-state index < -0.39 is 0 Å². The number of nitrogens with one attached hydrogen (secondary N) is 2. The first kappa shape index (κ1) is 58.4. The first-order chi connectivity index (χ1) is 31.1. The fourth-order valence-electron chi connectivity index (χ4n) is 6.74. The molecule has 1 aromatic rings. The highest BCUT2D eigenvalue weighted by Gasteiger charge is 2.11. The number of amides is 1. The second kappa shape index (κ2) is 47.3. The lowest BCUT2D eigenvalue weighted by molar-refractivity contribution is -0.144. The Labute approximate surface area is 382 Å². The van der Waals surface area contributed by atoms with Crippen LogP contribution in [-0.2, 0) is 47.5 Å². The van der Waals surface area contributed by atoms with Crippen molar-refractivity contribution in [3.05, 3.63) is 18.2 Å². The summed E-state index contributed by atoms with van der Waals surface area (Å²) in [5, 5.41) is 2.75. The Kier molecular flexibility index (Phi) is 43.9. The van der Waals surface area contributed by atoms with Gasteiger partial charge in [-0.2, -0.15) is 0 Å². The molecule has 0 aliphatic heterocycles. The van der Waals surface area contributed by atoms with E-state index in [4.69, 9.17) is 37.9 Å². The average molecular weight is 898 g/mol. The molecular weight excluding hydrogens is 807 g/mol. The normalized spacial score (nSPS) is 11.8. The second-order valence-corrected chi connectivity index (χ2v) is 16.4. The van der Waals surface area contributed by atoms with E-state index in [2.05, 4.69) is 29.1 Å². The molecular formula is C49H91N3O11. The maximum Gasteiger partial charge on any atom is 0.305 e. The van der Waals surface area contributed by atoms with E-state index in [1.165, 1.54) is 76.7 Å². The third-order valence-corrected chi connectivity index (χ3v) is 10.6. The summed E-state index contributed by atoms with van der Waals surface area (Å²) in [7, 11) is 0. The molecule has 2 N–H and O–H groups in total. The highest BCUT2D eigenvalue weighted by molar-refractivity contribution is 5.91. The van der Waals surface area contributed by atoms with E-state index >= 15 is 0 Å². The Bertz CT molecular complexity index is 1130. The molecule has 0 aromatic carbocycles. The van der Waals surface area contributed by atoms with E-state index in [-0.39, 0.29) is 23.9 Å². The van der Waals surface area contributed by atoms with Crippen molar-refractivity contribution in [2.75, 3.05) is 92.4 Å². The molecule has 1 rings (SSSR count). The number of nitrogens with zero attached hydrogens (tertiary/aromatic N) is 1. The summed E-state index contributed by atoms with van der Waals surface area (Å²) in [6, 6.07) is 0. The lowest BCUT2D eigenvalue weighted by atomic mass is 10.1. The van der Waals surface area contributed by atoms with E-state index in [1.807, 2.05) is 0 Å². The molecule has 63 heavy (non-hydrogen) atoms. The molecule has 0 saturated carbocycles. The Morgan fingerprint density at radius 1 is 0.492 bits per heavy atom. The molecule has 0 aliphatic rings. The lowest BCUT2D eigenvalue weighted by Gasteiger charge is -2.18. The number of hydrogen-bond acceptors (Lipinski definition) is 12. The third-order valence-electron chi connectivity index (χ3n) is 10.6. The van der Waals surface area contributed by atoms with Crippen LogP contribution in [0.15, 0.2) is 12.5 Å². The number of imidazole rings is 1. The van der Waals surface area contributed by atoms with Crippen LogP contribution in [0, 0.1) is 0 Å². The van der Waals surface area contributed by atoms with Crippen molar-refractivity contribution in [2.24, 2.45) is 0 Å². The minimum Gasteiger partial charge on any atom is -0.466 e. The van der Waals surface area contributed by atoms with Crippen LogP contribution in [0.4, 0.5) is 0 Å². The molecule has 1 unspecified atom stereocenters. The summed E-state index contributed by atoms with van der Waals surface area (Å²) >= 11 is 0. The van der Waals surface area contributed by atoms with Gasteiger partial charge < -0.3 is 48.2 Å². The van der Waals surface area contributed by atoms with Gasteiger partial charge in [0.2, 0.25) is 0 Å². The van der Waals surface area contributed by atoms with Crippen LogP contribution in [0.25, 0.3) is 0 Å². The summed E-state index contributed by atoms with van der Waals surface area (Å²) in [6.45, 7) is 11.2. The monoisotopic (exact) mass is 898 g/mol. The summed E-state index contributed by atoms with van der Waals surface area (Å²) in [6.07, 6.45) is 30.8. The van der Waals surface area contributed by atoms with Crippen LogP contribution < -0.4 is 5.32 Å². The number of hydrogen-bond donors (Lipinski definition) is 2. The summed E-state index contributed by atoms with van der Waals surface area (Å²) in [4.78, 5) is 42.5. The number of H-pyrrole nitrogens is 1. The number of carbonyl (C=O) groups is 3. The van der Waals surface area contributed by atoms with Crippen LogP contribution in [-0.4, -0.2) is 126 Å². The Morgan fingerprint density at radius 3 is 1.40 bits per heavy atom. The van der Waals surface area contributed by atoms with Crippen molar-refractivity contribution in [1.82, 2.24) is 15.3 Å². The number of ether oxygens (including phenoxy) is 8. The van der Waals surface area contributed by atoms with Gasteiger partial charge in [0, 0.05) is 32.6 Å². The fraction of sp³-hybridized carbons (Fsp3) is 0.878. The highest BCUT2D eigenvalue weighted by atomic mass is 16.6. The van der Waals surface area contributed by atoms with Gasteiger partial charge in [-0.1, -0.05) is 129 Å². The molecule has 1 atom stereocenters. The molecule has 1 heterocycles. The zero-order valence-electron chi connectivity index (χ0n) is 40.0. The molecule has 0 fully saturated rings. The van der Waals surface area contributed by atoms with E-state index in [0.29, 0.717) is 111 Å². The Balaban J connectivity index is 2.14. The average Bonchev–Trinajstić information content (AvgIpc) is 3.84. The topological polar surface area (TPSA) is 166 Å². The van der Waals surface area contributed by atoms with Crippen molar-refractivity contribution in [2.45, 2.75) is 187 Å². The number of rotatable bonds is 50. The van der Waals surface area contributed by atoms with Gasteiger partial charge in [0.1, 0.15) is 11.8 Å². The first-order valence-corrected chi connectivity index (χ1v) is 25.1. The number of aromatic nitrogens is 2. The van der Waals surface area contributed by atoms with E-state index in [0.717, 1.165) is 89.9 Å². The minimum absolute atomic E-state index is 0.0643. The van der Waals surface area contributed by atoms with Crippen molar-refractivity contribution < 1.29 is 52.3 Å². The molecule has 1 aromatic heterocycles. The van der Waals surface area contributed by atoms with Crippen molar-refractivity contribution in [3.8, 4) is 0 Å². The molecule has 0 aliphatic carbocycles. The number of unbranched alkanes of at least 4 members (excludes halogenated alkanes) is 20. The molecule has 0 spiro atoms. The largest absolute Gasteiger partial charge is 0.466 e. The van der Waals surface area contributed by atoms with Crippen LogP contribution >= 0.6 is 0 Å². The van der Waals surface area contributed by atoms with E-state index in [1.54, 1.807) is 0 Å².